The van der Waals surface area contributed by atoms with Crippen LogP contribution >= 0.6 is 0 Å². The van der Waals surface area contributed by atoms with E-state index in [9.17, 15) is 4.79 Å². The Morgan fingerprint density at radius 2 is 2.29 bits per heavy atom. The molecule has 1 aliphatic heterocycles. The predicted molar refractivity (Wildman–Crippen MR) is 57.7 cm³/mol. The monoisotopic (exact) mass is 190 g/mol. The Bertz CT molecular complexity index is 374. The number of hydrogen-bond donors (Lipinski definition) is 1. The molecule has 0 atom stereocenters. The maximum Gasteiger partial charge on any atom is 0.243 e. The van der Waals surface area contributed by atoms with E-state index < -0.39 is 0 Å². The molecule has 1 N–H and O–H groups in total. The number of nitrogens with zero attached hydrogens (tertiary/aromatic N) is 1. The van der Waals surface area contributed by atoms with E-state index in [-0.39, 0.29) is 5.91 Å². The SMILES string of the molecule is CCN1CC(=O)Nc2cc(C)ccc21. The lowest BCUT2D eigenvalue weighted by Gasteiger charge is -2.29. The minimum atomic E-state index is 0.0740. The minimum absolute atomic E-state index is 0.0740. The molecule has 1 heterocycles. The third-order valence-electron chi connectivity index (χ3n) is 2.48. The molecule has 0 radical (unpaired) electrons. The summed E-state index contributed by atoms with van der Waals surface area (Å²) in [6.07, 6.45) is 0. The van der Waals surface area contributed by atoms with Gasteiger partial charge in [0.15, 0.2) is 0 Å². The summed E-state index contributed by atoms with van der Waals surface area (Å²) < 4.78 is 0. The summed E-state index contributed by atoms with van der Waals surface area (Å²) in [5, 5.41) is 2.88. The lowest BCUT2D eigenvalue weighted by atomic mass is 10.1. The second-order valence-electron chi connectivity index (χ2n) is 3.58. The van der Waals surface area contributed by atoms with Gasteiger partial charge in [0.05, 0.1) is 17.9 Å². The highest BCUT2D eigenvalue weighted by Crippen LogP contribution is 2.29. The number of likely N-dealkylation sites (N-methyl/N-ethyl adjacent to an activating group) is 1. The molecule has 0 spiro atoms. The number of amides is 1. The Hall–Kier alpha value is -1.51. The van der Waals surface area contributed by atoms with Crippen molar-refractivity contribution in [2.45, 2.75) is 13.8 Å². The second kappa shape index (κ2) is 3.33. The quantitative estimate of drug-likeness (QED) is 0.732. The standard InChI is InChI=1S/C11H14N2O/c1-3-13-7-11(14)12-9-6-8(2)4-5-10(9)13/h4-6H,3,7H2,1-2H3,(H,12,14). The number of benzene rings is 1. The summed E-state index contributed by atoms with van der Waals surface area (Å²) >= 11 is 0. The normalized spacial score (nSPS) is 15.0. The average Bonchev–Trinajstić information content (AvgIpc) is 2.15. The van der Waals surface area contributed by atoms with Crippen LogP contribution in [-0.4, -0.2) is 19.0 Å². The Morgan fingerprint density at radius 3 is 3.00 bits per heavy atom. The molecule has 74 valence electrons. The Morgan fingerprint density at radius 1 is 1.50 bits per heavy atom. The van der Waals surface area contributed by atoms with Crippen LogP contribution in [0.4, 0.5) is 11.4 Å². The van der Waals surface area contributed by atoms with Crippen molar-refractivity contribution in [2.24, 2.45) is 0 Å². The van der Waals surface area contributed by atoms with Crippen molar-refractivity contribution in [1.29, 1.82) is 0 Å². The zero-order chi connectivity index (χ0) is 10.1. The molecule has 1 aromatic carbocycles. The fourth-order valence-corrected chi connectivity index (χ4v) is 1.76. The molecule has 3 heteroatoms. The molecule has 1 amide bonds. The Balaban J connectivity index is 2.45. The zero-order valence-electron chi connectivity index (χ0n) is 8.50. The predicted octanol–water partition coefficient (Wildman–Crippen LogP) is 1.77. The van der Waals surface area contributed by atoms with E-state index in [2.05, 4.69) is 29.3 Å². The molecule has 0 unspecified atom stereocenters. The van der Waals surface area contributed by atoms with Gasteiger partial charge < -0.3 is 10.2 Å². The van der Waals surface area contributed by atoms with Crippen molar-refractivity contribution in [3.63, 3.8) is 0 Å². The van der Waals surface area contributed by atoms with Crippen LogP contribution in [0, 0.1) is 6.92 Å². The van der Waals surface area contributed by atoms with E-state index in [1.165, 1.54) is 5.56 Å². The van der Waals surface area contributed by atoms with Crippen LogP contribution in [0.25, 0.3) is 0 Å². The van der Waals surface area contributed by atoms with Crippen molar-refractivity contribution >= 4 is 17.3 Å². The van der Waals surface area contributed by atoms with Gasteiger partial charge in [0.25, 0.3) is 0 Å². The summed E-state index contributed by atoms with van der Waals surface area (Å²) in [4.78, 5) is 13.4. The molecule has 1 aromatic rings. The van der Waals surface area contributed by atoms with Crippen LogP contribution < -0.4 is 10.2 Å². The molecule has 0 aliphatic carbocycles. The summed E-state index contributed by atoms with van der Waals surface area (Å²) in [6, 6.07) is 6.14. The second-order valence-corrected chi connectivity index (χ2v) is 3.58. The topological polar surface area (TPSA) is 32.3 Å². The third kappa shape index (κ3) is 1.45. The number of hydrogen-bond acceptors (Lipinski definition) is 2. The van der Waals surface area contributed by atoms with Crippen LogP contribution in [0.3, 0.4) is 0 Å². The van der Waals surface area contributed by atoms with Crippen molar-refractivity contribution in [2.75, 3.05) is 23.3 Å². The molecule has 0 aromatic heterocycles. The summed E-state index contributed by atoms with van der Waals surface area (Å²) in [7, 11) is 0. The molecule has 14 heavy (non-hydrogen) atoms. The van der Waals surface area contributed by atoms with Crippen molar-refractivity contribution in [1.82, 2.24) is 0 Å². The van der Waals surface area contributed by atoms with Gasteiger partial charge in [-0.1, -0.05) is 6.07 Å². The highest BCUT2D eigenvalue weighted by atomic mass is 16.2. The maximum absolute atomic E-state index is 11.4. The Labute approximate surface area is 83.7 Å². The highest BCUT2D eigenvalue weighted by Gasteiger charge is 2.19. The van der Waals surface area contributed by atoms with Crippen molar-refractivity contribution < 1.29 is 4.79 Å². The van der Waals surface area contributed by atoms with Gasteiger partial charge in [0.2, 0.25) is 5.91 Å². The molecule has 0 fully saturated rings. The first-order valence-electron chi connectivity index (χ1n) is 4.86. The summed E-state index contributed by atoms with van der Waals surface area (Å²) in [6.45, 7) is 5.41. The minimum Gasteiger partial charge on any atom is -0.361 e. The van der Waals surface area contributed by atoms with Gasteiger partial charge >= 0.3 is 0 Å². The molecule has 2 rings (SSSR count). The fourth-order valence-electron chi connectivity index (χ4n) is 1.76. The molecule has 0 bridgehead atoms. The Kier molecular flexibility index (Phi) is 2.15. The largest absolute Gasteiger partial charge is 0.361 e. The van der Waals surface area contributed by atoms with E-state index in [0.29, 0.717) is 6.54 Å². The van der Waals surface area contributed by atoms with E-state index in [1.54, 1.807) is 0 Å². The number of fused-ring (bicyclic) bond motifs is 1. The lowest BCUT2D eigenvalue weighted by molar-refractivity contribution is -0.115. The number of carbonyl (C=O) groups excluding carboxylic acids is 1. The number of rotatable bonds is 1. The van der Waals surface area contributed by atoms with Gasteiger partial charge in [-0.3, -0.25) is 4.79 Å². The first kappa shape index (κ1) is 9.06. The van der Waals surface area contributed by atoms with Crippen LogP contribution in [0.2, 0.25) is 0 Å². The van der Waals surface area contributed by atoms with Gasteiger partial charge in [-0.25, -0.2) is 0 Å². The molecular formula is C11H14N2O. The van der Waals surface area contributed by atoms with E-state index in [0.717, 1.165) is 17.9 Å². The lowest BCUT2D eigenvalue weighted by Crippen LogP contribution is -2.37. The van der Waals surface area contributed by atoms with E-state index in [4.69, 9.17) is 0 Å². The van der Waals surface area contributed by atoms with Crippen LogP contribution in [0.15, 0.2) is 18.2 Å². The van der Waals surface area contributed by atoms with E-state index >= 15 is 0 Å². The van der Waals surface area contributed by atoms with Gasteiger partial charge in [-0.2, -0.15) is 0 Å². The number of nitrogens with one attached hydrogen (secondary N) is 1. The molecule has 3 nitrogen and oxygen atoms in total. The fraction of sp³-hybridized carbons (Fsp3) is 0.364. The van der Waals surface area contributed by atoms with Crippen LogP contribution in [0.1, 0.15) is 12.5 Å². The molecular weight excluding hydrogens is 176 g/mol. The van der Waals surface area contributed by atoms with Crippen molar-refractivity contribution in [3.8, 4) is 0 Å². The van der Waals surface area contributed by atoms with Crippen LogP contribution in [0.5, 0.6) is 0 Å². The first-order chi connectivity index (χ1) is 6.70. The van der Waals surface area contributed by atoms with Gasteiger partial charge in [0, 0.05) is 6.54 Å². The number of anilines is 2. The highest BCUT2D eigenvalue weighted by molar-refractivity contribution is 6.01. The van der Waals surface area contributed by atoms with Gasteiger partial charge in [-0.05, 0) is 31.5 Å². The number of carbonyl (C=O) groups is 1. The maximum atomic E-state index is 11.4. The first-order valence-corrected chi connectivity index (χ1v) is 4.86. The number of aryl methyl sites for hydroxylation is 1. The zero-order valence-corrected chi connectivity index (χ0v) is 8.50. The molecule has 0 saturated carbocycles. The summed E-state index contributed by atoms with van der Waals surface area (Å²) in [5.74, 6) is 0.0740. The van der Waals surface area contributed by atoms with Crippen molar-refractivity contribution in [3.05, 3.63) is 23.8 Å². The molecule has 1 aliphatic rings. The third-order valence-corrected chi connectivity index (χ3v) is 2.48. The van der Waals surface area contributed by atoms with E-state index in [1.807, 2.05) is 13.0 Å². The van der Waals surface area contributed by atoms with Gasteiger partial charge in [0.1, 0.15) is 0 Å². The summed E-state index contributed by atoms with van der Waals surface area (Å²) in [5.41, 5.74) is 3.22. The van der Waals surface area contributed by atoms with Gasteiger partial charge in [-0.15, -0.1) is 0 Å². The molecule has 0 saturated heterocycles. The van der Waals surface area contributed by atoms with Crippen LogP contribution in [-0.2, 0) is 4.79 Å². The average molecular weight is 190 g/mol. The smallest absolute Gasteiger partial charge is 0.243 e.